The number of pyridine rings is 3. The van der Waals surface area contributed by atoms with Crippen LogP contribution in [0.25, 0.3) is 0 Å². The quantitative estimate of drug-likeness (QED) is 0.638. The van der Waals surface area contributed by atoms with Crippen molar-refractivity contribution in [1.29, 1.82) is 0 Å². The summed E-state index contributed by atoms with van der Waals surface area (Å²) in [4.78, 5) is 26.3. The smallest absolute Gasteiger partial charge is 0.250 e. The van der Waals surface area contributed by atoms with E-state index in [4.69, 9.17) is 5.73 Å². The number of primary amides is 1. The summed E-state index contributed by atoms with van der Waals surface area (Å²) in [5.74, 6) is 1.10. The zero-order valence-electron chi connectivity index (χ0n) is 15.2. The van der Waals surface area contributed by atoms with Crippen LogP contribution < -0.4 is 16.0 Å². The second-order valence-electron chi connectivity index (χ2n) is 6.13. The fourth-order valence-corrected chi connectivity index (χ4v) is 2.68. The molecule has 0 aromatic carbocycles. The fraction of sp³-hybridized carbons (Fsp3) is 0.200. The van der Waals surface area contributed by atoms with Gasteiger partial charge in [0.2, 0.25) is 5.91 Å². The fourth-order valence-electron chi connectivity index (χ4n) is 2.68. The van der Waals surface area contributed by atoms with E-state index in [-0.39, 0.29) is 0 Å². The van der Waals surface area contributed by atoms with E-state index in [9.17, 15) is 4.79 Å². The number of anilines is 2. The lowest BCUT2D eigenvalue weighted by atomic mass is 10.2. The van der Waals surface area contributed by atoms with Gasteiger partial charge in [-0.1, -0.05) is 12.1 Å². The Morgan fingerprint density at radius 1 is 1.07 bits per heavy atom. The summed E-state index contributed by atoms with van der Waals surface area (Å²) in [7, 11) is 2.02. The van der Waals surface area contributed by atoms with Crippen LogP contribution in [0.4, 0.5) is 11.6 Å². The Labute approximate surface area is 158 Å². The maximum Gasteiger partial charge on any atom is 0.250 e. The van der Waals surface area contributed by atoms with Crippen LogP contribution in [-0.2, 0) is 13.0 Å². The monoisotopic (exact) mass is 362 g/mol. The zero-order valence-corrected chi connectivity index (χ0v) is 15.2. The molecule has 7 nitrogen and oxygen atoms in total. The van der Waals surface area contributed by atoms with Crippen LogP contribution in [0.3, 0.4) is 0 Å². The van der Waals surface area contributed by atoms with E-state index in [1.165, 1.54) is 6.20 Å². The molecule has 0 aliphatic carbocycles. The van der Waals surface area contributed by atoms with Crippen LogP contribution in [0.2, 0.25) is 0 Å². The minimum atomic E-state index is -0.488. The first kappa shape index (κ1) is 18.3. The Balaban J connectivity index is 1.63. The van der Waals surface area contributed by atoms with Crippen LogP contribution in [0.15, 0.2) is 61.1 Å². The van der Waals surface area contributed by atoms with Gasteiger partial charge in [-0.05, 0) is 30.3 Å². The van der Waals surface area contributed by atoms with E-state index in [2.05, 4.69) is 25.2 Å². The number of carbonyl (C=O) groups is 1. The Kier molecular flexibility index (Phi) is 5.94. The lowest BCUT2D eigenvalue weighted by Crippen LogP contribution is -2.23. The average Bonchev–Trinajstić information content (AvgIpc) is 2.71. The second-order valence-corrected chi connectivity index (χ2v) is 6.13. The molecule has 0 unspecified atom stereocenters. The van der Waals surface area contributed by atoms with Crippen molar-refractivity contribution in [2.24, 2.45) is 5.73 Å². The van der Waals surface area contributed by atoms with E-state index in [1.807, 2.05) is 43.6 Å². The third kappa shape index (κ3) is 5.01. The van der Waals surface area contributed by atoms with Gasteiger partial charge in [-0.25, -0.2) is 9.97 Å². The van der Waals surface area contributed by atoms with Gasteiger partial charge in [0.15, 0.2) is 0 Å². The maximum atomic E-state index is 11.1. The molecule has 0 bridgehead atoms. The zero-order chi connectivity index (χ0) is 19.1. The predicted octanol–water partition coefficient (Wildman–Crippen LogP) is 2.26. The van der Waals surface area contributed by atoms with E-state index in [1.54, 1.807) is 18.3 Å². The molecular formula is C20H22N6O. The lowest BCUT2D eigenvalue weighted by molar-refractivity contribution is 0.1000. The van der Waals surface area contributed by atoms with Gasteiger partial charge in [-0.3, -0.25) is 9.78 Å². The number of hydrogen-bond donors (Lipinski definition) is 2. The van der Waals surface area contributed by atoms with Crippen LogP contribution in [0, 0.1) is 0 Å². The van der Waals surface area contributed by atoms with Crippen molar-refractivity contribution in [1.82, 2.24) is 15.0 Å². The molecule has 7 heteroatoms. The van der Waals surface area contributed by atoms with Crippen molar-refractivity contribution in [3.05, 3.63) is 77.9 Å². The molecule has 0 saturated heterocycles. The topological polar surface area (TPSA) is 97.0 Å². The van der Waals surface area contributed by atoms with Gasteiger partial charge in [0.05, 0.1) is 5.56 Å². The number of likely N-dealkylation sites (N-methyl/N-ethyl adjacent to an activating group) is 1. The Hall–Kier alpha value is -3.48. The first-order chi connectivity index (χ1) is 13.1. The number of carbonyl (C=O) groups excluding carboxylic acids is 1. The van der Waals surface area contributed by atoms with Gasteiger partial charge in [0.1, 0.15) is 11.6 Å². The van der Waals surface area contributed by atoms with Gasteiger partial charge in [-0.2, -0.15) is 0 Å². The standard InChI is InChI=1S/C20H22N6O/c1-26(12-9-17-6-2-3-10-22-17)20-16(5-4-11-23-20)14-25-18-8-7-15(13-24-18)19(21)27/h2-8,10-11,13H,9,12,14H2,1H3,(H2,21,27)(H,24,25). The Morgan fingerprint density at radius 2 is 1.93 bits per heavy atom. The number of nitrogens with zero attached hydrogens (tertiary/aromatic N) is 4. The number of hydrogen-bond acceptors (Lipinski definition) is 6. The molecule has 0 fully saturated rings. The highest BCUT2D eigenvalue weighted by Crippen LogP contribution is 2.18. The molecule has 1 amide bonds. The van der Waals surface area contributed by atoms with Crippen LogP contribution in [0.1, 0.15) is 21.6 Å². The van der Waals surface area contributed by atoms with Gasteiger partial charge in [0, 0.05) is 56.4 Å². The molecule has 3 N–H and O–H groups in total. The summed E-state index contributed by atoms with van der Waals surface area (Å²) in [6.07, 6.45) is 5.91. The van der Waals surface area contributed by atoms with Crippen molar-refractivity contribution in [3.8, 4) is 0 Å². The SMILES string of the molecule is CN(CCc1ccccn1)c1ncccc1CNc1ccc(C(N)=O)cn1. The molecule has 0 aliphatic heterocycles. The molecule has 27 heavy (non-hydrogen) atoms. The van der Waals surface area contributed by atoms with Gasteiger partial charge >= 0.3 is 0 Å². The van der Waals surface area contributed by atoms with Crippen LogP contribution >= 0.6 is 0 Å². The van der Waals surface area contributed by atoms with Crippen molar-refractivity contribution >= 4 is 17.5 Å². The van der Waals surface area contributed by atoms with Crippen molar-refractivity contribution in [3.63, 3.8) is 0 Å². The molecular weight excluding hydrogens is 340 g/mol. The first-order valence-electron chi connectivity index (χ1n) is 8.68. The number of amides is 1. The normalized spacial score (nSPS) is 10.4. The summed E-state index contributed by atoms with van der Waals surface area (Å²) in [5.41, 5.74) is 7.73. The minimum absolute atomic E-state index is 0.386. The molecule has 0 aliphatic rings. The van der Waals surface area contributed by atoms with E-state index in [0.29, 0.717) is 17.9 Å². The van der Waals surface area contributed by atoms with Gasteiger partial charge < -0.3 is 16.0 Å². The summed E-state index contributed by atoms with van der Waals surface area (Å²) in [6, 6.07) is 13.3. The highest BCUT2D eigenvalue weighted by molar-refractivity contribution is 5.92. The molecule has 0 saturated carbocycles. The molecule has 3 heterocycles. The highest BCUT2D eigenvalue weighted by atomic mass is 16.1. The molecule has 0 radical (unpaired) electrons. The Bertz CT molecular complexity index is 882. The summed E-state index contributed by atoms with van der Waals surface area (Å²) in [6.45, 7) is 1.38. The lowest BCUT2D eigenvalue weighted by Gasteiger charge is -2.21. The molecule has 3 aromatic rings. The van der Waals surface area contributed by atoms with Crippen molar-refractivity contribution in [2.75, 3.05) is 23.8 Å². The number of nitrogens with two attached hydrogens (primary N) is 1. The molecule has 3 rings (SSSR count). The van der Waals surface area contributed by atoms with Gasteiger partial charge in [0.25, 0.3) is 0 Å². The van der Waals surface area contributed by atoms with E-state index in [0.717, 1.165) is 30.0 Å². The molecule has 138 valence electrons. The maximum absolute atomic E-state index is 11.1. The van der Waals surface area contributed by atoms with Crippen LogP contribution in [0.5, 0.6) is 0 Å². The first-order valence-corrected chi connectivity index (χ1v) is 8.68. The number of nitrogens with one attached hydrogen (secondary N) is 1. The van der Waals surface area contributed by atoms with Crippen molar-refractivity contribution < 1.29 is 4.79 Å². The van der Waals surface area contributed by atoms with E-state index < -0.39 is 5.91 Å². The largest absolute Gasteiger partial charge is 0.366 e. The predicted molar refractivity (Wildman–Crippen MR) is 106 cm³/mol. The number of aromatic nitrogens is 3. The minimum Gasteiger partial charge on any atom is -0.366 e. The summed E-state index contributed by atoms with van der Waals surface area (Å²) < 4.78 is 0. The Morgan fingerprint density at radius 3 is 2.63 bits per heavy atom. The number of rotatable bonds is 8. The molecule has 0 atom stereocenters. The third-order valence-electron chi connectivity index (χ3n) is 4.17. The van der Waals surface area contributed by atoms with Gasteiger partial charge in [-0.15, -0.1) is 0 Å². The molecule has 3 aromatic heterocycles. The summed E-state index contributed by atoms with van der Waals surface area (Å²) in [5, 5.41) is 3.25. The third-order valence-corrected chi connectivity index (χ3v) is 4.17. The molecule has 0 spiro atoms. The summed E-state index contributed by atoms with van der Waals surface area (Å²) >= 11 is 0. The highest BCUT2D eigenvalue weighted by Gasteiger charge is 2.09. The average molecular weight is 362 g/mol. The second kappa shape index (κ2) is 8.75. The van der Waals surface area contributed by atoms with Crippen LogP contribution in [-0.4, -0.2) is 34.5 Å². The van der Waals surface area contributed by atoms with Crippen molar-refractivity contribution in [2.45, 2.75) is 13.0 Å². The van der Waals surface area contributed by atoms with E-state index >= 15 is 0 Å².